The van der Waals surface area contributed by atoms with Gasteiger partial charge in [-0.05, 0) is 42.7 Å². The number of carbonyl (C=O) groups is 1. The molecule has 0 aliphatic carbocycles. The Balaban J connectivity index is 2.15. The average molecular weight is 283 g/mol. The van der Waals surface area contributed by atoms with Gasteiger partial charge in [0.2, 0.25) is 0 Å². The predicted octanol–water partition coefficient (Wildman–Crippen LogP) is 3.16. The summed E-state index contributed by atoms with van der Waals surface area (Å²) in [6, 6.07) is 15.4. The van der Waals surface area contributed by atoms with Crippen LogP contribution in [0.5, 0.6) is 0 Å². The summed E-state index contributed by atoms with van der Waals surface area (Å²) in [5, 5.41) is 3.07. The minimum atomic E-state index is -0.0719. The second-order valence-corrected chi connectivity index (χ2v) is 5.02. The molecule has 2 rings (SSSR count). The molecule has 2 aromatic carbocycles. The molecular weight excluding hydrogens is 262 g/mol. The smallest absolute Gasteiger partial charge is 0.251 e. The zero-order chi connectivity index (χ0) is 15.2. The van der Waals surface area contributed by atoms with Crippen molar-refractivity contribution in [3.8, 4) is 0 Å². The number of benzene rings is 2. The second kappa shape index (κ2) is 6.90. The number of anilines is 1. The summed E-state index contributed by atoms with van der Waals surface area (Å²) >= 11 is 0. The van der Waals surface area contributed by atoms with Crippen LogP contribution in [0.2, 0.25) is 0 Å². The molecule has 110 valence electrons. The van der Waals surface area contributed by atoms with Gasteiger partial charge in [0, 0.05) is 5.56 Å². The van der Waals surface area contributed by atoms with Crippen molar-refractivity contribution in [3.63, 3.8) is 0 Å². The third-order valence-electron chi connectivity index (χ3n) is 3.56. The minimum absolute atomic E-state index is 0.0197. The SMILES string of the molecule is CCC(NC(=O)c1ccc(NN)c(C)c1)c1ccccc1. The molecule has 1 atom stereocenters. The van der Waals surface area contributed by atoms with Gasteiger partial charge in [-0.3, -0.25) is 10.6 Å². The molecular formula is C17H21N3O. The first-order valence-electron chi connectivity index (χ1n) is 7.08. The molecule has 0 aliphatic heterocycles. The normalized spacial score (nSPS) is 11.8. The molecule has 0 bridgehead atoms. The fraction of sp³-hybridized carbons (Fsp3) is 0.235. The van der Waals surface area contributed by atoms with Crippen LogP contribution in [0.1, 0.15) is 40.9 Å². The number of nitrogens with two attached hydrogens (primary N) is 1. The molecule has 4 N–H and O–H groups in total. The van der Waals surface area contributed by atoms with Gasteiger partial charge in [-0.15, -0.1) is 0 Å². The first kappa shape index (κ1) is 15.1. The monoisotopic (exact) mass is 283 g/mol. The first-order valence-corrected chi connectivity index (χ1v) is 7.08. The van der Waals surface area contributed by atoms with Gasteiger partial charge >= 0.3 is 0 Å². The van der Waals surface area contributed by atoms with E-state index in [-0.39, 0.29) is 11.9 Å². The van der Waals surface area contributed by atoms with E-state index in [9.17, 15) is 4.79 Å². The van der Waals surface area contributed by atoms with E-state index in [4.69, 9.17) is 5.84 Å². The van der Waals surface area contributed by atoms with Gasteiger partial charge in [0.25, 0.3) is 5.91 Å². The Kier molecular flexibility index (Phi) is 4.95. The van der Waals surface area contributed by atoms with Crippen LogP contribution in [0.25, 0.3) is 0 Å². The Morgan fingerprint density at radius 1 is 1.19 bits per heavy atom. The Hall–Kier alpha value is -2.33. The third-order valence-corrected chi connectivity index (χ3v) is 3.56. The Bertz CT molecular complexity index is 611. The van der Waals surface area contributed by atoms with Crippen LogP contribution in [-0.4, -0.2) is 5.91 Å². The molecule has 0 aromatic heterocycles. The van der Waals surface area contributed by atoms with Crippen molar-refractivity contribution in [2.45, 2.75) is 26.3 Å². The van der Waals surface area contributed by atoms with Gasteiger partial charge in [0.1, 0.15) is 0 Å². The molecule has 0 fully saturated rings. The lowest BCUT2D eigenvalue weighted by Crippen LogP contribution is -2.28. The van der Waals surface area contributed by atoms with E-state index in [1.54, 1.807) is 6.07 Å². The van der Waals surface area contributed by atoms with E-state index < -0.39 is 0 Å². The number of rotatable bonds is 5. The van der Waals surface area contributed by atoms with Gasteiger partial charge in [-0.1, -0.05) is 37.3 Å². The summed E-state index contributed by atoms with van der Waals surface area (Å²) in [5.74, 6) is 5.33. The summed E-state index contributed by atoms with van der Waals surface area (Å²) in [5.41, 5.74) is 6.13. The number of carbonyl (C=O) groups excluding carboxylic acids is 1. The van der Waals surface area contributed by atoms with Crippen molar-refractivity contribution in [1.29, 1.82) is 0 Å². The lowest BCUT2D eigenvalue weighted by atomic mass is 10.0. The van der Waals surface area contributed by atoms with E-state index in [1.807, 2.05) is 49.4 Å². The molecule has 2 aromatic rings. The Morgan fingerprint density at radius 3 is 2.48 bits per heavy atom. The van der Waals surface area contributed by atoms with Crippen LogP contribution in [0.3, 0.4) is 0 Å². The molecule has 0 saturated carbocycles. The van der Waals surface area contributed by atoms with Gasteiger partial charge in [-0.2, -0.15) is 0 Å². The fourth-order valence-corrected chi connectivity index (χ4v) is 2.31. The number of nitrogens with one attached hydrogen (secondary N) is 2. The highest BCUT2D eigenvalue weighted by atomic mass is 16.1. The van der Waals surface area contributed by atoms with Crippen LogP contribution in [-0.2, 0) is 0 Å². The van der Waals surface area contributed by atoms with Crippen LogP contribution >= 0.6 is 0 Å². The molecule has 4 heteroatoms. The predicted molar refractivity (Wildman–Crippen MR) is 85.9 cm³/mol. The van der Waals surface area contributed by atoms with Crippen LogP contribution in [0.15, 0.2) is 48.5 Å². The second-order valence-electron chi connectivity index (χ2n) is 5.02. The summed E-state index contributed by atoms with van der Waals surface area (Å²) in [6.45, 7) is 3.98. The number of aryl methyl sites for hydroxylation is 1. The molecule has 21 heavy (non-hydrogen) atoms. The third kappa shape index (κ3) is 3.61. The molecule has 0 heterocycles. The number of nitrogen functional groups attached to an aromatic ring is 1. The quantitative estimate of drug-likeness (QED) is 0.583. The van der Waals surface area contributed by atoms with Gasteiger partial charge < -0.3 is 10.7 Å². The highest BCUT2D eigenvalue weighted by Crippen LogP contribution is 2.19. The minimum Gasteiger partial charge on any atom is -0.345 e. The van der Waals surface area contributed by atoms with Gasteiger partial charge in [-0.25, -0.2) is 0 Å². The summed E-state index contributed by atoms with van der Waals surface area (Å²) < 4.78 is 0. The number of hydrazine groups is 1. The van der Waals surface area contributed by atoms with E-state index in [0.717, 1.165) is 23.2 Å². The van der Waals surface area contributed by atoms with Crippen LogP contribution in [0.4, 0.5) is 5.69 Å². The molecule has 1 amide bonds. The standard InChI is InChI=1S/C17H21N3O/c1-3-15(13-7-5-4-6-8-13)19-17(21)14-9-10-16(20-18)12(2)11-14/h4-11,15,20H,3,18H2,1-2H3,(H,19,21). The van der Waals surface area contributed by atoms with Crippen molar-refractivity contribution in [2.24, 2.45) is 5.84 Å². The summed E-state index contributed by atoms with van der Waals surface area (Å²) in [4.78, 5) is 12.4. The maximum Gasteiger partial charge on any atom is 0.251 e. The van der Waals surface area contributed by atoms with E-state index in [1.165, 1.54) is 0 Å². The highest BCUT2D eigenvalue weighted by molar-refractivity contribution is 5.95. The molecule has 0 saturated heterocycles. The van der Waals surface area contributed by atoms with E-state index in [2.05, 4.69) is 17.7 Å². The van der Waals surface area contributed by atoms with Crippen LogP contribution in [0, 0.1) is 6.92 Å². The van der Waals surface area contributed by atoms with Gasteiger partial charge in [0.05, 0.1) is 11.7 Å². The maximum atomic E-state index is 12.4. The molecule has 1 unspecified atom stereocenters. The van der Waals surface area contributed by atoms with Crippen molar-refractivity contribution in [3.05, 3.63) is 65.2 Å². The molecule has 0 radical (unpaired) electrons. The fourth-order valence-electron chi connectivity index (χ4n) is 2.31. The Morgan fingerprint density at radius 2 is 1.90 bits per heavy atom. The topological polar surface area (TPSA) is 67.2 Å². The van der Waals surface area contributed by atoms with E-state index in [0.29, 0.717) is 5.56 Å². The van der Waals surface area contributed by atoms with Gasteiger partial charge in [0.15, 0.2) is 0 Å². The maximum absolute atomic E-state index is 12.4. The summed E-state index contributed by atoms with van der Waals surface area (Å²) in [6.07, 6.45) is 0.844. The molecule has 0 aliphatic rings. The highest BCUT2D eigenvalue weighted by Gasteiger charge is 2.14. The van der Waals surface area contributed by atoms with Crippen molar-refractivity contribution < 1.29 is 4.79 Å². The van der Waals surface area contributed by atoms with Crippen molar-refractivity contribution >= 4 is 11.6 Å². The molecule has 4 nitrogen and oxygen atoms in total. The average Bonchev–Trinajstić information content (AvgIpc) is 2.53. The number of amides is 1. The number of hydrogen-bond acceptors (Lipinski definition) is 3. The lowest BCUT2D eigenvalue weighted by molar-refractivity contribution is 0.0935. The first-order chi connectivity index (χ1) is 10.2. The number of hydrogen-bond donors (Lipinski definition) is 3. The summed E-state index contributed by atoms with van der Waals surface area (Å²) in [7, 11) is 0. The zero-order valence-electron chi connectivity index (χ0n) is 12.4. The largest absolute Gasteiger partial charge is 0.345 e. The van der Waals surface area contributed by atoms with Crippen molar-refractivity contribution in [1.82, 2.24) is 5.32 Å². The Labute approximate surface area is 125 Å². The van der Waals surface area contributed by atoms with Crippen LogP contribution < -0.4 is 16.6 Å². The molecule has 0 spiro atoms. The van der Waals surface area contributed by atoms with E-state index >= 15 is 0 Å². The lowest BCUT2D eigenvalue weighted by Gasteiger charge is -2.18. The zero-order valence-corrected chi connectivity index (χ0v) is 12.4. The van der Waals surface area contributed by atoms with Crippen molar-refractivity contribution in [2.75, 3.05) is 5.43 Å².